The average molecular weight is 1470 g/mol. The predicted molar refractivity (Wildman–Crippen MR) is 465 cm³/mol. The van der Waals surface area contributed by atoms with Crippen molar-refractivity contribution < 1.29 is 18.3 Å². The largest absolute Gasteiger partial charge is 0.256 e. The first-order chi connectivity index (χ1) is 53.6. The summed E-state index contributed by atoms with van der Waals surface area (Å²) in [5.41, 5.74) is 37.2. The summed E-state index contributed by atoms with van der Waals surface area (Å²) in [6.45, 7) is 37.2. The summed E-state index contributed by atoms with van der Waals surface area (Å²) in [4.78, 5) is 26.5. The van der Waals surface area contributed by atoms with Gasteiger partial charge >= 0.3 is 0 Å². The fourth-order valence-corrected chi connectivity index (χ4v) is 15.4. The van der Waals surface area contributed by atoms with Gasteiger partial charge in [0.2, 0.25) is 22.8 Å². The van der Waals surface area contributed by atoms with E-state index in [-0.39, 0.29) is 0 Å². The van der Waals surface area contributed by atoms with Crippen LogP contribution in [0, 0.1) is 95.9 Å². The molecule has 16 aromatic rings. The summed E-state index contributed by atoms with van der Waals surface area (Å²) in [6, 6.07) is 66.4. The summed E-state index contributed by atoms with van der Waals surface area (Å²) in [5, 5.41) is 9.80. The molecule has 16 rings (SSSR count). The molecule has 0 aliphatic heterocycles. The van der Waals surface area contributed by atoms with Gasteiger partial charge in [-0.1, -0.05) is 117 Å². The third-order valence-electron chi connectivity index (χ3n) is 22.2. The van der Waals surface area contributed by atoms with Crippen molar-refractivity contribution in [3.05, 3.63) is 321 Å². The molecule has 0 amide bonds. The zero-order valence-corrected chi connectivity index (χ0v) is 69.4. The molecule has 0 saturated heterocycles. The van der Waals surface area contributed by atoms with Gasteiger partial charge in [-0.3, -0.25) is 15.0 Å². The van der Waals surface area contributed by atoms with Crippen LogP contribution in [0.5, 0.6) is 0 Å². The molecular weight excluding hydrogens is 1370 g/mol. The maximum atomic E-state index is 4.74. The van der Waals surface area contributed by atoms with E-state index in [1.54, 1.807) is 0 Å². The Labute approximate surface area is 663 Å². The van der Waals surface area contributed by atoms with Gasteiger partial charge in [-0.15, -0.1) is 0 Å². The Kier molecular flexibility index (Phi) is 23.1. The number of hydrogen-bond acceptors (Lipinski definition) is 6. The molecule has 10 nitrogen and oxygen atoms in total. The Bertz CT molecular complexity index is 6220. The quantitative estimate of drug-likeness (QED) is 0.120. The summed E-state index contributed by atoms with van der Waals surface area (Å²) < 4.78 is 8.90. The predicted octanol–water partition coefficient (Wildman–Crippen LogP) is 22.7. The van der Waals surface area contributed by atoms with Crippen LogP contribution < -0.4 is 18.3 Å². The SMILES string of the molecule is Cc1cc(C)c(C)c(-c2cc3cc(-c4ccc(C(C)C)cn4)ccc3c[n+]2C)c1.Cc1cc(C)c(C)c(-c2cc3cc(-c4ccc(CC(C)C)cn4)ccc3c[n+]2C)c1.Cc1cc(C)c(C)c(-c2cc3cc(-c4ncncn4)ccc3c[n+]2C)c1.Cc1ccc(-c2ccc3c[n+](C)c(-c4cc(C)cc(C)c4C)cc3c2)nc1. The highest BCUT2D eigenvalue weighted by molar-refractivity contribution is 5.92. The third kappa shape index (κ3) is 17.4. The van der Waals surface area contributed by atoms with Crippen molar-refractivity contribution in [2.75, 3.05) is 0 Å². The lowest BCUT2D eigenvalue weighted by Gasteiger charge is -2.11. The van der Waals surface area contributed by atoms with Crippen LogP contribution in [0.25, 0.3) is 133 Å². The van der Waals surface area contributed by atoms with E-state index in [0.29, 0.717) is 17.7 Å². The molecule has 8 heterocycles. The number of nitrogens with zero attached hydrogens (tertiary/aromatic N) is 10. The van der Waals surface area contributed by atoms with Crippen LogP contribution in [-0.4, -0.2) is 29.9 Å². The molecule has 0 fully saturated rings. The van der Waals surface area contributed by atoms with Gasteiger partial charge in [0.1, 0.15) is 40.8 Å². The van der Waals surface area contributed by atoms with Gasteiger partial charge in [0, 0.05) is 109 Å². The van der Waals surface area contributed by atoms with Crippen molar-refractivity contribution in [1.29, 1.82) is 0 Å². The Hall–Kier alpha value is -12.1. The number of rotatable bonds is 11. The van der Waals surface area contributed by atoms with Crippen molar-refractivity contribution in [3.8, 4) is 90.2 Å². The minimum absolute atomic E-state index is 0.497. The van der Waals surface area contributed by atoms with Crippen molar-refractivity contribution in [2.45, 2.75) is 130 Å². The molecule has 8 aromatic heterocycles. The van der Waals surface area contributed by atoms with Gasteiger partial charge in [0.05, 0.1) is 17.1 Å². The van der Waals surface area contributed by atoms with E-state index >= 15 is 0 Å². The number of aromatic nitrogens is 10. The first-order valence-corrected chi connectivity index (χ1v) is 39.1. The standard InChI is InChI=1S/C28H31N2.C27H29N2.C25H25N2.C22H21N4/c1-18(2)11-22-7-10-27(29-16-22)23-8-9-24-17-30(6)28(15-25(24)14-23)26-13-19(3)12-20(4)21(26)5;1-17(2)22-9-10-26(28-15-22)21-7-8-23-16-29(6)27(14-24(23)13-21)25-12-18(3)11-19(4)20(25)5;1-16-6-9-24(26-14-16)20-7-8-21-15-27(5)25(13-22(21)12-20)23-11-17(2)10-18(3)19(23)4;1-14-7-15(2)16(3)20(8-14)21-10-19-9-17(22-24-12-23-13-25-22)5-6-18(19)11-26(21)4/h7-10,12-18H,11H2,1-6H3;7-17H,1-6H3;6-15H,1-5H3;5-13H,1-4H3/q4*+1. The fraction of sp³-hybridized carbons (Fsp3) is 0.235. The minimum Gasteiger partial charge on any atom is -0.256 e. The zero-order chi connectivity index (χ0) is 79.5. The van der Waals surface area contributed by atoms with Gasteiger partial charge < -0.3 is 0 Å². The second-order valence-corrected chi connectivity index (χ2v) is 31.9. The van der Waals surface area contributed by atoms with E-state index < -0.39 is 0 Å². The first kappa shape index (κ1) is 78.0. The molecule has 0 unspecified atom stereocenters. The Morgan fingerprint density at radius 2 is 0.607 bits per heavy atom. The van der Waals surface area contributed by atoms with Crippen LogP contribution in [0.4, 0.5) is 0 Å². The second-order valence-electron chi connectivity index (χ2n) is 31.9. The van der Waals surface area contributed by atoms with Crippen molar-refractivity contribution in [1.82, 2.24) is 29.9 Å². The highest BCUT2D eigenvalue weighted by atomic mass is 15.0. The van der Waals surface area contributed by atoms with Gasteiger partial charge in [-0.05, 0) is 282 Å². The molecule has 0 saturated carbocycles. The lowest BCUT2D eigenvalue weighted by molar-refractivity contribution is -0.659. The Balaban J connectivity index is 0.000000131. The van der Waals surface area contributed by atoms with Gasteiger partial charge in [-0.2, -0.15) is 0 Å². The first-order valence-electron chi connectivity index (χ1n) is 39.1. The highest BCUT2D eigenvalue weighted by Crippen LogP contribution is 2.35. The van der Waals surface area contributed by atoms with Gasteiger partial charge in [0.25, 0.3) is 0 Å². The van der Waals surface area contributed by atoms with E-state index in [2.05, 4.69) is 391 Å². The summed E-state index contributed by atoms with van der Waals surface area (Å²) >= 11 is 0. The number of fused-ring (bicyclic) bond motifs is 4. The minimum atomic E-state index is 0.497. The number of benzene rings is 8. The summed E-state index contributed by atoms with van der Waals surface area (Å²) in [5.74, 6) is 1.84. The lowest BCUT2D eigenvalue weighted by Crippen LogP contribution is -2.30. The normalized spacial score (nSPS) is 11.3. The van der Waals surface area contributed by atoms with E-state index in [1.807, 2.05) is 18.6 Å². The topological polar surface area (TPSA) is 92.9 Å². The summed E-state index contributed by atoms with van der Waals surface area (Å²) in [7, 11) is 8.49. The molecular formula is C102H106N10+4. The molecule has 0 radical (unpaired) electrons. The van der Waals surface area contributed by atoms with Crippen molar-refractivity contribution in [3.63, 3.8) is 0 Å². The Morgan fingerprint density at radius 3 is 0.911 bits per heavy atom. The third-order valence-corrected chi connectivity index (χ3v) is 22.2. The van der Waals surface area contributed by atoms with Crippen LogP contribution in [-0.2, 0) is 34.6 Å². The van der Waals surface area contributed by atoms with E-state index in [0.717, 1.165) is 45.8 Å². The molecule has 0 aliphatic rings. The van der Waals surface area contributed by atoms with E-state index in [4.69, 9.17) is 9.97 Å². The van der Waals surface area contributed by atoms with Crippen LogP contribution in [0.3, 0.4) is 0 Å². The van der Waals surface area contributed by atoms with E-state index in [9.17, 15) is 0 Å². The molecule has 0 atom stereocenters. The van der Waals surface area contributed by atoms with Gasteiger partial charge in [-0.25, -0.2) is 33.2 Å². The zero-order valence-electron chi connectivity index (χ0n) is 69.4. The van der Waals surface area contributed by atoms with Crippen LogP contribution in [0.15, 0.2) is 238 Å². The smallest absolute Gasteiger partial charge is 0.213 e. The maximum Gasteiger partial charge on any atom is 0.213 e. The molecule has 0 N–H and O–H groups in total. The summed E-state index contributed by atoms with van der Waals surface area (Å²) in [6.07, 6.45) is 18.9. The van der Waals surface area contributed by atoms with Crippen molar-refractivity contribution >= 4 is 43.1 Å². The molecule has 560 valence electrons. The van der Waals surface area contributed by atoms with Crippen LogP contribution in [0.1, 0.15) is 117 Å². The second kappa shape index (κ2) is 33.2. The maximum absolute atomic E-state index is 4.74. The van der Waals surface area contributed by atoms with Crippen LogP contribution in [0.2, 0.25) is 0 Å². The lowest BCUT2D eigenvalue weighted by atomic mass is 9.96. The number of hydrogen-bond donors (Lipinski definition) is 0. The highest BCUT2D eigenvalue weighted by Gasteiger charge is 2.22. The van der Waals surface area contributed by atoms with E-state index in [1.165, 1.54) is 184 Å². The number of pyridine rings is 7. The number of aryl methyl sites for hydroxylation is 13. The average Bonchev–Trinajstić information content (AvgIpc) is 0.791. The Morgan fingerprint density at radius 1 is 0.286 bits per heavy atom. The fourth-order valence-electron chi connectivity index (χ4n) is 15.4. The van der Waals surface area contributed by atoms with Crippen LogP contribution >= 0.6 is 0 Å². The monoisotopic (exact) mass is 1470 g/mol. The van der Waals surface area contributed by atoms with Gasteiger partial charge in [0.15, 0.2) is 30.6 Å². The van der Waals surface area contributed by atoms with Crippen molar-refractivity contribution in [2.24, 2.45) is 34.1 Å². The molecule has 8 aromatic carbocycles. The molecule has 10 heteroatoms. The molecule has 112 heavy (non-hydrogen) atoms. The molecule has 0 aliphatic carbocycles. The molecule has 0 bridgehead atoms. The molecule has 0 spiro atoms.